The van der Waals surface area contributed by atoms with Crippen molar-refractivity contribution in [1.29, 1.82) is 5.26 Å². The summed E-state index contributed by atoms with van der Waals surface area (Å²) < 4.78 is 5.79. The van der Waals surface area contributed by atoms with Crippen molar-refractivity contribution in [1.82, 2.24) is 15.0 Å². The molecule has 0 bridgehead atoms. The number of benzene rings is 1. The van der Waals surface area contributed by atoms with Crippen LogP contribution in [0.1, 0.15) is 36.6 Å². The summed E-state index contributed by atoms with van der Waals surface area (Å²) in [6.07, 6.45) is 5.10. The molecular weight excluding hydrogens is 398 g/mol. The number of piperidine rings is 1. The summed E-state index contributed by atoms with van der Waals surface area (Å²) in [5, 5.41) is 14.4. The van der Waals surface area contributed by atoms with Gasteiger partial charge >= 0.3 is 0 Å². The molecule has 4 heterocycles. The molecule has 0 aliphatic carbocycles. The average Bonchev–Trinajstić information content (AvgIpc) is 3.28. The third kappa shape index (κ3) is 3.55. The van der Waals surface area contributed by atoms with Crippen LogP contribution in [0.2, 0.25) is 5.02 Å². The van der Waals surface area contributed by atoms with Crippen LogP contribution in [0.15, 0.2) is 53.2 Å². The summed E-state index contributed by atoms with van der Waals surface area (Å²) in [6.45, 7) is 2.62. The van der Waals surface area contributed by atoms with E-state index in [-0.39, 0.29) is 6.04 Å². The van der Waals surface area contributed by atoms with Gasteiger partial charge in [-0.15, -0.1) is 0 Å². The lowest BCUT2D eigenvalue weighted by molar-refractivity contribution is 0.0558. The summed E-state index contributed by atoms with van der Waals surface area (Å²) in [6, 6.07) is 16.3. The molecule has 2 atom stereocenters. The lowest BCUT2D eigenvalue weighted by atomic mass is 9.91. The maximum absolute atomic E-state index is 9.43. The maximum atomic E-state index is 9.43. The number of halogens is 1. The zero-order valence-electron chi connectivity index (χ0n) is 16.5. The zero-order chi connectivity index (χ0) is 20.5. The van der Waals surface area contributed by atoms with Crippen LogP contribution in [0.5, 0.6) is 0 Å². The topological polar surface area (TPSA) is 69.2 Å². The van der Waals surface area contributed by atoms with Crippen LogP contribution in [0, 0.1) is 11.3 Å². The fourth-order valence-corrected chi connectivity index (χ4v) is 4.90. The first-order valence-electron chi connectivity index (χ1n) is 10.3. The van der Waals surface area contributed by atoms with Gasteiger partial charge in [-0.1, -0.05) is 28.9 Å². The van der Waals surface area contributed by atoms with Gasteiger partial charge in [0.25, 0.3) is 0 Å². The van der Waals surface area contributed by atoms with Crippen molar-refractivity contribution in [3.8, 4) is 17.3 Å². The smallest absolute Gasteiger partial charge is 0.154 e. The minimum atomic E-state index is 0.227. The number of pyridine rings is 1. The highest BCUT2D eigenvalue weighted by molar-refractivity contribution is 6.30. The lowest BCUT2D eigenvalue weighted by Crippen LogP contribution is -2.56. The fraction of sp³-hybridized carbons (Fsp3) is 0.348. The number of hydrogen-bond donors (Lipinski definition) is 0. The van der Waals surface area contributed by atoms with Gasteiger partial charge in [0.15, 0.2) is 5.76 Å². The Labute approximate surface area is 180 Å². The second kappa shape index (κ2) is 8.10. The zero-order valence-corrected chi connectivity index (χ0v) is 17.3. The van der Waals surface area contributed by atoms with E-state index in [1.807, 2.05) is 36.4 Å². The quantitative estimate of drug-likeness (QED) is 0.614. The Morgan fingerprint density at radius 1 is 1.13 bits per heavy atom. The number of hydrogen-bond acceptors (Lipinski definition) is 6. The Morgan fingerprint density at radius 3 is 2.93 bits per heavy atom. The van der Waals surface area contributed by atoms with Gasteiger partial charge in [-0.2, -0.15) is 5.26 Å². The highest BCUT2D eigenvalue weighted by Gasteiger charge is 2.38. The van der Waals surface area contributed by atoms with E-state index in [9.17, 15) is 5.26 Å². The van der Waals surface area contributed by atoms with Gasteiger partial charge in [0.2, 0.25) is 0 Å². The molecule has 2 fully saturated rings. The van der Waals surface area contributed by atoms with Crippen molar-refractivity contribution < 1.29 is 4.52 Å². The van der Waals surface area contributed by atoms with Crippen molar-refractivity contribution >= 4 is 17.4 Å². The number of rotatable bonds is 3. The molecule has 0 radical (unpaired) electrons. The van der Waals surface area contributed by atoms with Crippen molar-refractivity contribution in [2.24, 2.45) is 0 Å². The number of anilines is 1. The third-order valence-corrected chi connectivity index (χ3v) is 6.36. The molecule has 2 aliphatic heterocycles. The molecule has 7 heteroatoms. The van der Waals surface area contributed by atoms with Gasteiger partial charge < -0.3 is 9.42 Å². The average molecular weight is 420 g/mol. The molecule has 30 heavy (non-hydrogen) atoms. The van der Waals surface area contributed by atoms with Crippen molar-refractivity contribution in [3.63, 3.8) is 0 Å². The van der Waals surface area contributed by atoms with E-state index in [0.29, 0.717) is 16.6 Å². The van der Waals surface area contributed by atoms with Crippen molar-refractivity contribution in [2.45, 2.75) is 31.3 Å². The van der Waals surface area contributed by atoms with Crippen LogP contribution in [0.4, 0.5) is 5.82 Å². The van der Waals surface area contributed by atoms with E-state index in [1.54, 1.807) is 6.20 Å². The molecule has 2 unspecified atom stereocenters. The second-order valence-electron chi connectivity index (χ2n) is 7.90. The van der Waals surface area contributed by atoms with Gasteiger partial charge in [-0.05, 0) is 43.5 Å². The Hall–Kier alpha value is -2.88. The molecule has 2 aliphatic rings. The number of aromatic nitrogens is 2. The first-order valence-corrected chi connectivity index (χ1v) is 10.7. The number of nitrogens with zero attached hydrogens (tertiary/aromatic N) is 5. The first-order chi connectivity index (χ1) is 14.7. The van der Waals surface area contributed by atoms with E-state index in [1.165, 1.54) is 0 Å². The van der Waals surface area contributed by atoms with E-state index < -0.39 is 0 Å². The van der Waals surface area contributed by atoms with Crippen LogP contribution in [-0.2, 0) is 0 Å². The highest BCUT2D eigenvalue weighted by Crippen LogP contribution is 2.38. The minimum absolute atomic E-state index is 0.227. The molecule has 2 saturated heterocycles. The van der Waals surface area contributed by atoms with Crippen LogP contribution in [0.25, 0.3) is 11.3 Å². The third-order valence-electron chi connectivity index (χ3n) is 6.13. The highest BCUT2D eigenvalue weighted by atomic mass is 35.5. The second-order valence-corrected chi connectivity index (χ2v) is 8.33. The van der Waals surface area contributed by atoms with E-state index in [4.69, 9.17) is 16.1 Å². The van der Waals surface area contributed by atoms with Crippen molar-refractivity contribution in [3.05, 3.63) is 65.0 Å². The molecule has 0 amide bonds. The summed E-state index contributed by atoms with van der Waals surface area (Å²) in [5.74, 6) is 1.71. The van der Waals surface area contributed by atoms with E-state index in [0.717, 1.165) is 61.7 Å². The van der Waals surface area contributed by atoms with Crippen LogP contribution in [0.3, 0.4) is 0 Å². The normalized spacial score (nSPS) is 21.8. The molecule has 1 aromatic carbocycles. The minimum Gasteiger partial charge on any atom is -0.359 e. The standard InChI is InChI=1S/C23H22ClN5O/c24-18-6-1-4-16(12-18)20-13-22(30-27-20)21-8-2-7-19-15-28(10-11-29(19)21)23-17(14-25)5-3-9-26-23/h1,3-6,9,12-13,19,21H,2,7-8,10-11,15H2. The summed E-state index contributed by atoms with van der Waals surface area (Å²) in [7, 11) is 0. The van der Waals surface area contributed by atoms with Gasteiger partial charge in [-0.25, -0.2) is 4.98 Å². The molecular formula is C23H22ClN5O. The predicted molar refractivity (Wildman–Crippen MR) is 115 cm³/mol. The van der Waals surface area contributed by atoms with Gasteiger partial charge in [0, 0.05) is 48.5 Å². The fourth-order valence-electron chi connectivity index (χ4n) is 4.71. The molecule has 0 N–H and O–H groups in total. The van der Waals surface area contributed by atoms with Gasteiger partial charge in [0.1, 0.15) is 17.6 Å². The van der Waals surface area contributed by atoms with Crippen molar-refractivity contribution in [2.75, 3.05) is 24.5 Å². The molecule has 5 rings (SSSR count). The van der Waals surface area contributed by atoms with E-state index >= 15 is 0 Å². The summed E-state index contributed by atoms with van der Waals surface area (Å²) in [4.78, 5) is 9.27. The number of fused-ring (bicyclic) bond motifs is 1. The maximum Gasteiger partial charge on any atom is 0.154 e. The predicted octanol–water partition coefficient (Wildman–Crippen LogP) is 4.68. The Bertz CT molecular complexity index is 1090. The molecule has 3 aromatic rings. The Kier molecular flexibility index (Phi) is 5.16. The van der Waals surface area contributed by atoms with Crippen LogP contribution >= 0.6 is 11.6 Å². The lowest BCUT2D eigenvalue weighted by Gasteiger charge is -2.47. The summed E-state index contributed by atoms with van der Waals surface area (Å²) in [5.41, 5.74) is 2.42. The SMILES string of the molecule is N#Cc1cccnc1N1CCN2C(CCCC2c2cc(-c3cccc(Cl)c3)no2)C1. The molecule has 2 aromatic heterocycles. The molecule has 0 saturated carbocycles. The summed E-state index contributed by atoms with van der Waals surface area (Å²) >= 11 is 6.13. The van der Waals surface area contributed by atoms with Gasteiger partial charge in [0.05, 0.1) is 11.6 Å². The molecule has 6 nitrogen and oxygen atoms in total. The molecule has 0 spiro atoms. The largest absolute Gasteiger partial charge is 0.359 e. The monoisotopic (exact) mass is 419 g/mol. The van der Waals surface area contributed by atoms with E-state index in [2.05, 4.69) is 32.1 Å². The number of nitriles is 1. The Balaban J connectivity index is 1.35. The molecule has 152 valence electrons. The van der Waals surface area contributed by atoms with Crippen LogP contribution in [-0.4, -0.2) is 40.7 Å². The number of piperazine rings is 1. The van der Waals surface area contributed by atoms with Gasteiger partial charge in [-0.3, -0.25) is 4.90 Å². The first kappa shape index (κ1) is 19.1. The Morgan fingerprint density at radius 2 is 2.07 bits per heavy atom. The van der Waals surface area contributed by atoms with Crippen LogP contribution < -0.4 is 4.90 Å².